The van der Waals surface area contributed by atoms with E-state index in [1.54, 1.807) is 12.1 Å². The van der Waals surface area contributed by atoms with Crippen molar-refractivity contribution in [3.05, 3.63) is 54.1 Å². The standard InChI is InChI=1S/C26H28F4N2O3S/c1-24(2,27)14-21(22(33)15-25(16-31)12-13-25)32-23(26(28,29)30)19-6-4-17(5-7-19)18-8-10-20(11-9-18)36(3,34)35/h4-11,21,23,32H,12-15H2,1-3H3/t21-,23-/m0/s1. The molecular weight excluding hydrogens is 496 g/mol. The van der Waals surface area contributed by atoms with Crippen LogP contribution in [0.3, 0.4) is 0 Å². The summed E-state index contributed by atoms with van der Waals surface area (Å²) in [5.41, 5.74) is -1.74. The number of ketones is 1. The van der Waals surface area contributed by atoms with Crippen LogP contribution in [0.2, 0.25) is 0 Å². The van der Waals surface area contributed by atoms with Crippen molar-refractivity contribution >= 4 is 15.6 Å². The number of nitrogens with one attached hydrogen (secondary N) is 1. The van der Waals surface area contributed by atoms with Gasteiger partial charge in [0.1, 0.15) is 11.7 Å². The predicted molar refractivity (Wildman–Crippen MR) is 127 cm³/mol. The minimum Gasteiger partial charge on any atom is -0.298 e. The molecule has 0 aliphatic heterocycles. The Balaban J connectivity index is 1.86. The quantitative estimate of drug-likeness (QED) is 0.402. The van der Waals surface area contributed by atoms with Crippen molar-refractivity contribution in [2.75, 3.05) is 6.26 Å². The zero-order chi connectivity index (χ0) is 26.9. The van der Waals surface area contributed by atoms with Gasteiger partial charge in [0.15, 0.2) is 15.6 Å². The molecule has 0 radical (unpaired) electrons. The van der Waals surface area contributed by atoms with Crippen molar-refractivity contribution in [2.45, 2.75) is 68.4 Å². The van der Waals surface area contributed by atoms with E-state index >= 15 is 0 Å². The maximum Gasteiger partial charge on any atom is 0.407 e. The molecule has 3 rings (SSSR count). The monoisotopic (exact) mass is 524 g/mol. The van der Waals surface area contributed by atoms with Crippen molar-refractivity contribution < 1.29 is 30.8 Å². The van der Waals surface area contributed by atoms with E-state index in [4.69, 9.17) is 0 Å². The maximum absolute atomic E-state index is 14.4. The minimum atomic E-state index is -4.77. The van der Waals surface area contributed by atoms with E-state index in [2.05, 4.69) is 11.4 Å². The van der Waals surface area contributed by atoms with E-state index in [0.29, 0.717) is 24.0 Å². The van der Waals surface area contributed by atoms with Crippen molar-refractivity contribution in [1.29, 1.82) is 5.26 Å². The number of hydrogen-bond acceptors (Lipinski definition) is 5. The highest BCUT2D eigenvalue weighted by Gasteiger charge is 2.48. The van der Waals surface area contributed by atoms with Crippen LogP contribution in [0.15, 0.2) is 53.4 Å². The first-order valence-electron chi connectivity index (χ1n) is 11.4. The molecule has 0 saturated heterocycles. The summed E-state index contributed by atoms with van der Waals surface area (Å²) in [6.45, 7) is 2.39. The van der Waals surface area contributed by atoms with E-state index in [-0.39, 0.29) is 16.9 Å². The molecule has 1 saturated carbocycles. The second-order valence-electron chi connectivity index (χ2n) is 10.1. The van der Waals surface area contributed by atoms with E-state index in [9.17, 15) is 36.0 Å². The van der Waals surface area contributed by atoms with Crippen LogP contribution in [-0.2, 0) is 14.6 Å². The van der Waals surface area contributed by atoms with Gasteiger partial charge in [-0.15, -0.1) is 0 Å². The molecule has 1 aliphatic rings. The van der Waals surface area contributed by atoms with Crippen LogP contribution in [0, 0.1) is 16.7 Å². The van der Waals surface area contributed by atoms with Crippen molar-refractivity contribution in [3.63, 3.8) is 0 Å². The first-order chi connectivity index (χ1) is 16.5. The van der Waals surface area contributed by atoms with E-state index in [1.165, 1.54) is 50.2 Å². The third-order valence-corrected chi connectivity index (χ3v) is 7.36. The lowest BCUT2D eigenvalue weighted by Gasteiger charge is -2.30. The molecule has 10 heteroatoms. The molecule has 2 aromatic carbocycles. The molecule has 1 N–H and O–H groups in total. The largest absolute Gasteiger partial charge is 0.407 e. The number of hydrogen-bond donors (Lipinski definition) is 1. The number of rotatable bonds is 10. The second-order valence-corrected chi connectivity index (χ2v) is 12.1. The number of carbonyl (C=O) groups excluding carboxylic acids is 1. The van der Waals surface area contributed by atoms with Crippen LogP contribution in [0.25, 0.3) is 11.1 Å². The summed E-state index contributed by atoms with van der Waals surface area (Å²) in [5, 5.41) is 11.6. The molecule has 0 bridgehead atoms. The molecule has 0 heterocycles. The van der Waals surface area contributed by atoms with Gasteiger partial charge in [0.25, 0.3) is 0 Å². The summed E-state index contributed by atoms with van der Waals surface area (Å²) in [4.78, 5) is 13.0. The van der Waals surface area contributed by atoms with Crippen molar-refractivity contribution in [2.24, 2.45) is 5.41 Å². The lowest BCUT2D eigenvalue weighted by atomic mass is 9.90. The van der Waals surface area contributed by atoms with Gasteiger partial charge in [-0.3, -0.25) is 10.1 Å². The number of alkyl halides is 4. The van der Waals surface area contributed by atoms with E-state index in [1.807, 2.05) is 0 Å². The number of nitrogens with zero attached hydrogens (tertiary/aromatic N) is 1. The van der Waals surface area contributed by atoms with Crippen molar-refractivity contribution in [1.82, 2.24) is 5.32 Å². The SMILES string of the molecule is CC(C)(F)C[C@H](N[C@@H](c1ccc(-c2ccc(S(C)(=O)=O)cc2)cc1)C(F)(F)F)C(=O)CC1(C#N)CC1. The molecule has 0 amide bonds. The third kappa shape index (κ3) is 7.14. The molecule has 1 aliphatic carbocycles. The zero-order valence-corrected chi connectivity index (χ0v) is 21.0. The van der Waals surface area contributed by atoms with E-state index < -0.39 is 51.4 Å². The molecular formula is C26H28F4N2O3S. The smallest absolute Gasteiger partial charge is 0.298 e. The Hall–Kier alpha value is -2.77. The van der Waals surface area contributed by atoms with E-state index in [0.717, 1.165) is 6.26 Å². The summed E-state index contributed by atoms with van der Waals surface area (Å²) in [6, 6.07) is 9.83. The average Bonchev–Trinajstić information content (AvgIpc) is 3.54. The van der Waals surface area contributed by atoms with Gasteiger partial charge in [0.2, 0.25) is 0 Å². The van der Waals surface area contributed by atoms with Gasteiger partial charge in [-0.05, 0) is 55.5 Å². The average molecular weight is 525 g/mol. The molecule has 194 valence electrons. The van der Waals surface area contributed by atoms with Gasteiger partial charge < -0.3 is 0 Å². The number of carbonyl (C=O) groups is 1. The summed E-state index contributed by atoms with van der Waals surface area (Å²) >= 11 is 0. The van der Waals surface area contributed by atoms with Gasteiger partial charge in [0.05, 0.1) is 22.4 Å². The van der Waals surface area contributed by atoms with Crippen LogP contribution in [0.4, 0.5) is 17.6 Å². The minimum absolute atomic E-state index is 0.125. The first-order valence-corrected chi connectivity index (χ1v) is 13.3. The number of halogens is 4. The molecule has 0 aromatic heterocycles. The first kappa shape index (κ1) is 27.8. The lowest BCUT2D eigenvalue weighted by Crippen LogP contribution is -2.47. The zero-order valence-electron chi connectivity index (χ0n) is 20.2. The van der Waals surface area contributed by atoms with Crippen molar-refractivity contribution in [3.8, 4) is 17.2 Å². The lowest BCUT2D eigenvalue weighted by molar-refractivity contribution is -0.161. The fourth-order valence-corrected chi connectivity index (χ4v) is 4.66. The highest BCUT2D eigenvalue weighted by molar-refractivity contribution is 7.90. The number of nitriles is 1. The Morgan fingerprint density at radius 3 is 1.92 bits per heavy atom. The predicted octanol–water partition coefficient (Wildman–Crippen LogP) is 5.72. The summed E-state index contributed by atoms with van der Waals surface area (Å²) in [6.07, 6.45) is -3.39. The third-order valence-electron chi connectivity index (χ3n) is 6.24. The fraction of sp³-hybridized carbons (Fsp3) is 0.462. The highest BCUT2D eigenvalue weighted by Crippen LogP contribution is 2.48. The highest BCUT2D eigenvalue weighted by atomic mass is 32.2. The van der Waals surface area contributed by atoms with Crippen LogP contribution < -0.4 is 5.32 Å². The molecule has 5 nitrogen and oxygen atoms in total. The normalized spacial score (nSPS) is 17.2. The van der Waals surface area contributed by atoms with Crippen LogP contribution in [-0.4, -0.2) is 38.3 Å². The molecule has 1 fully saturated rings. The topological polar surface area (TPSA) is 87.0 Å². The molecule has 0 spiro atoms. The number of benzene rings is 2. The summed E-state index contributed by atoms with van der Waals surface area (Å²) in [5.74, 6) is -0.614. The second kappa shape index (κ2) is 9.94. The van der Waals surface area contributed by atoms with Gasteiger partial charge in [-0.25, -0.2) is 12.8 Å². The Labute approximate surface area is 208 Å². The van der Waals surface area contributed by atoms with Gasteiger partial charge in [-0.1, -0.05) is 36.4 Å². The Morgan fingerprint density at radius 1 is 1.03 bits per heavy atom. The van der Waals surface area contributed by atoms with Crippen LogP contribution in [0.5, 0.6) is 0 Å². The Kier molecular flexibility index (Phi) is 7.68. The van der Waals surface area contributed by atoms with Gasteiger partial charge >= 0.3 is 6.18 Å². The maximum atomic E-state index is 14.4. The van der Waals surface area contributed by atoms with Gasteiger partial charge in [-0.2, -0.15) is 18.4 Å². The molecule has 2 atom stereocenters. The number of sulfone groups is 1. The van der Waals surface area contributed by atoms with Crippen LogP contribution in [0.1, 0.15) is 51.1 Å². The molecule has 0 unspecified atom stereocenters. The Bertz CT molecular complexity index is 1240. The molecule has 2 aromatic rings. The molecule has 36 heavy (non-hydrogen) atoms. The van der Waals surface area contributed by atoms with Crippen LogP contribution >= 0.6 is 0 Å². The van der Waals surface area contributed by atoms with Gasteiger partial charge in [0, 0.05) is 19.1 Å². The summed E-state index contributed by atoms with van der Waals surface area (Å²) in [7, 11) is -3.38. The summed E-state index contributed by atoms with van der Waals surface area (Å²) < 4.78 is 80.0. The Morgan fingerprint density at radius 2 is 1.53 bits per heavy atom. The fourth-order valence-electron chi connectivity index (χ4n) is 4.03. The number of Topliss-reactive ketones (excluding diaryl/α,β-unsaturated/α-hetero) is 1.